The van der Waals surface area contributed by atoms with Crippen molar-refractivity contribution in [1.29, 1.82) is 0 Å². The van der Waals surface area contributed by atoms with Crippen LogP contribution in [0.3, 0.4) is 0 Å². The van der Waals surface area contributed by atoms with Crippen LogP contribution in [0.4, 0.5) is 5.69 Å². The van der Waals surface area contributed by atoms with Gasteiger partial charge in [0.15, 0.2) is 5.15 Å². The lowest BCUT2D eigenvalue weighted by molar-refractivity contribution is 0.102. The molecule has 1 aromatic heterocycles. The van der Waals surface area contributed by atoms with E-state index in [1.165, 1.54) is 6.07 Å². The molecule has 0 aliphatic rings. The summed E-state index contributed by atoms with van der Waals surface area (Å²) < 4.78 is 0. The summed E-state index contributed by atoms with van der Waals surface area (Å²) >= 11 is 5.90. The van der Waals surface area contributed by atoms with E-state index in [9.17, 15) is 9.90 Å². The number of benzene rings is 1. The number of hydrogen-bond donors (Lipinski definition) is 2. The minimum atomic E-state index is -0.424. The number of nitrogens with one attached hydrogen (secondary N) is 1. The normalized spacial score (nSPS) is 10.3. The molecule has 0 radical (unpaired) electrons. The highest BCUT2D eigenvalue weighted by Crippen LogP contribution is 2.23. The fraction of sp³-hybridized carbons (Fsp3) is 0.143. The first kappa shape index (κ1) is 13.4. The van der Waals surface area contributed by atoms with Gasteiger partial charge >= 0.3 is 0 Å². The molecule has 19 heavy (non-hydrogen) atoms. The Hall–Kier alpha value is -2.07. The summed E-state index contributed by atoms with van der Waals surface area (Å²) in [6, 6.07) is 6.57. The third kappa shape index (κ3) is 3.03. The van der Waals surface area contributed by atoms with E-state index in [1.807, 2.05) is 13.8 Å². The van der Waals surface area contributed by atoms with Gasteiger partial charge in [-0.3, -0.25) is 4.79 Å². The average molecular weight is 277 g/mol. The molecule has 0 aliphatic carbocycles. The van der Waals surface area contributed by atoms with Crippen molar-refractivity contribution in [2.24, 2.45) is 0 Å². The van der Waals surface area contributed by atoms with E-state index in [2.05, 4.69) is 10.3 Å². The lowest BCUT2D eigenvalue weighted by Crippen LogP contribution is -2.13. The van der Waals surface area contributed by atoms with E-state index in [0.29, 0.717) is 5.69 Å². The topological polar surface area (TPSA) is 62.2 Å². The largest absolute Gasteiger partial charge is 0.507 e. The van der Waals surface area contributed by atoms with Gasteiger partial charge in [0.05, 0.1) is 11.3 Å². The summed E-state index contributed by atoms with van der Waals surface area (Å²) in [4.78, 5) is 16.0. The third-order valence-corrected chi connectivity index (χ3v) is 2.92. The van der Waals surface area contributed by atoms with Crippen LogP contribution in [0, 0.1) is 13.8 Å². The number of aryl methyl sites for hydroxylation is 2. The lowest BCUT2D eigenvalue weighted by atomic mass is 10.1. The van der Waals surface area contributed by atoms with Crippen LogP contribution < -0.4 is 5.32 Å². The van der Waals surface area contributed by atoms with Gasteiger partial charge in [-0.1, -0.05) is 17.7 Å². The zero-order chi connectivity index (χ0) is 14.0. The number of rotatable bonds is 2. The summed E-state index contributed by atoms with van der Waals surface area (Å²) in [6.45, 7) is 3.69. The monoisotopic (exact) mass is 276 g/mol. The number of halogens is 1. The second-order valence-electron chi connectivity index (χ2n) is 4.33. The molecule has 4 nitrogen and oxygen atoms in total. The number of carbonyl (C=O) groups is 1. The van der Waals surface area contributed by atoms with E-state index < -0.39 is 5.91 Å². The molecule has 1 heterocycles. The number of nitrogens with zero attached hydrogens (tertiary/aromatic N) is 1. The second kappa shape index (κ2) is 5.28. The van der Waals surface area contributed by atoms with Gasteiger partial charge < -0.3 is 10.4 Å². The van der Waals surface area contributed by atoms with Gasteiger partial charge in [0.2, 0.25) is 0 Å². The maximum Gasteiger partial charge on any atom is 0.259 e. The van der Waals surface area contributed by atoms with Crippen LogP contribution in [0.2, 0.25) is 5.15 Å². The van der Waals surface area contributed by atoms with Gasteiger partial charge in [-0.15, -0.1) is 0 Å². The van der Waals surface area contributed by atoms with Gasteiger partial charge in [-0.05, 0) is 43.2 Å². The first-order chi connectivity index (χ1) is 8.97. The first-order valence-electron chi connectivity index (χ1n) is 5.70. The molecule has 98 valence electrons. The number of phenols is 1. The average Bonchev–Trinajstić information content (AvgIpc) is 2.33. The highest BCUT2D eigenvalue weighted by molar-refractivity contribution is 6.32. The summed E-state index contributed by atoms with van der Waals surface area (Å²) in [5, 5.41) is 12.6. The van der Waals surface area contributed by atoms with Crippen LogP contribution in [0.15, 0.2) is 30.5 Å². The smallest absolute Gasteiger partial charge is 0.259 e. The minimum absolute atomic E-state index is 0.0609. The van der Waals surface area contributed by atoms with Crippen LogP contribution >= 0.6 is 11.6 Å². The van der Waals surface area contributed by atoms with Gasteiger partial charge in [0.1, 0.15) is 5.75 Å². The van der Waals surface area contributed by atoms with Gasteiger partial charge in [0.25, 0.3) is 5.91 Å². The molecule has 0 saturated carbocycles. The molecule has 1 amide bonds. The predicted molar refractivity (Wildman–Crippen MR) is 74.8 cm³/mol. The summed E-state index contributed by atoms with van der Waals surface area (Å²) in [5.41, 5.74) is 2.38. The molecule has 2 N–H and O–H groups in total. The van der Waals surface area contributed by atoms with E-state index in [4.69, 9.17) is 11.6 Å². The maximum atomic E-state index is 12.1. The molecule has 0 bridgehead atoms. The zero-order valence-corrected chi connectivity index (χ0v) is 11.3. The molecule has 2 aromatic rings. The summed E-state index contributed by atoms with van der Waals surface area (Å²) in [5.74, 6) is -0.485. The standard InChI is InChI=1S/C14H13ClN2O2/c1-8-3-4-10(12(18)6-8)14(19)17-11-5-9(2)7-16-13(11)15/h3-7,18H,1-2H3,(H,17,19). The molecule has 0 fully saturated rings. The number of pyridine rings is 1. The number of carbonyl (C=O) groups excluding carboxylic acids is 1. The first-order valence-corrected chi connectivity index (χ1v) is 6.08. The molecule has 1 aromatic carbocycles. The van der Waals surface area contributed by atoms with E-state index in [0.717, 1.165) is 11.1 Å². The SMILES string of the molecule is Cc1ccc(C(=O)Nc2cc(C)cnc2Cl)c(O)c1. The van der Waals surface area contributed by atoms with Crippen molar-refractivity contribution in [3.05, 3.63) is 52.3 Å². The fourth-order valence-corrected chi connectivity index (χ4v) is 1.81. The van der Waals surface area contributed by atoms with Crippen molar-refractivity contribution in [2.45, 2.75) is 13.8 Å². The van der Waals surface area contributed by atoms with Crippen molar-refractivity contribution < 1.29 is 9.90 Å². The van der Waals surface area contributed by atoms with Crippen LogP contribution in [0.1, 0.15) is 21.5 Å². The molecule has 5 heteroatoms. The van der Waals surface area contributed by atoms with E-state index in [-0.39, 0.29) is 16.5 Å². The van der Waals surface area contributed by atoms with Gasteiger partial charge in [0, 0.05) is 6.20 Å². The van der Waals surface area contributed by atoms with Crippen LogP contribution in [-0.4, -0.2) is 16.0 Å². The number of phenolic OH excluding ortho intramolecular Hbond substituents is 1. The number of aromatic hydroxyl groups is 1. The highest BCUT2D eigenvalue weighted by atomic mass is 35.5. The fourth-order valence-electron chi connectivity index (χ4n) is 1.66. The Balaban J connectivity index is 2.28. The Morgan fingerprint density at radius 2 is 2.00 bits per heavy atom. The Kier molecular flexibility index (Phi) is 3.71. The van der Waals surface area contributed by atoms with E-state index in [1.54, 1.807) is 24.4 Å². The summed E-state index contributed by atoms with van der Waals surface area (Å²) in [7, 11) is 0. The Morgan fingerprint density at radius 1 is 1.26 bits per heavy atom. The van der Waals surface area contributed by atoms with Crippen molar-refractivity contribution in [3.8, 4) is 5.75 Å². The predicted octanol–water partition coefficient (Wildman–Crippen LogP) is 3.31. The second-order valence-corrected chi connectivity index (χ2v) is 4.68. The Bertz CT molecular complexity index is 641. The zero-order valence-electron chi connectivity index (χ0n) is 10.6. The Labute approximate surface area is 116 Å². The number of amides is 1. The van der Waals surface area contributed by atoms with Crippen molar-refractivity contribution in [2.75, 3.05) is 5.32 Å². The molecule has 0 spiro atoms. The van der Waals surface area contributed by atoms with Crippen molar-refractivity contribution >= 4 is 23.2 Å². The number of hydrogen-bond acceptors (Lipinski definition) is 3. The maximum absolute atomic E-state index is 12.1. The quantitative estimate of drug-likeness (QED) is 0.827. The summed E-state index contributed by atoms with van der Waals surface area (Å²) in [6.07, 6.45) is 1.61. The number of anilines is 1. The van der Waals surface area contributed by atoms with Gasteiger partial charge in [-0.25, -0.2) is 4.98 Å². The van der Waals surface area contributed by atoms with Crippen molar-refractivity contribution in [3.63, 3.8) is 0 Å². The Morgan fingerprint density at radius 3 is 2.68 bits per heavy atom. The minimum Gasteiger partial charge on any atom is -0.507 e. The van der Waals surface area contributed by atoms with Gasteiger partial charge in [-0.2, -0.15) is 0 Å². The molecule has 0 aliphatic heterocycles. The van der Waals surface area contributed by atoms with Crippen LogP contribution in [0.5, 0.6) is 5.75 Å². The third-order valence-electron chi connectivity index (χ3n) is 2.62. The molecular weight excluding hydrogens is 264 g/mol. The molecule has 0 saturated heterocycles. The van der Waals surface area contributed by atoms with Crippen molar-refractivity contribution in [1.82, 2.24) is 4.98 Å². The van der Waals surface area contributed by atoms with Crippen LogP contribution in [0.25, 0.3) is 0 Å². The number of aromatic nitrogens is 1. The highest BCUT2D eigenvalue weighted by Gasteiger charge is 2.13. The molecule has 2 rings (SSSR count). The van der Waals surface area contributed by atoms with Crippen LogP contribution in [-0.2, 0) is 0 Å². The molecule has 0 atom stereocenters. The molecule has 0 unspecified atom stereocenters. The molecular formula is C14H13ClN2O2. The lowest BCUT2D eigenvalue weighted by Gasteiger charge is -2.09. The van der Waals surface area contributed by atoms with E-state index >= 15 is 0 Å².